The zero-order chi connectivity index (χ0) is 13.1. The lowest BCUT2D eigenvalue weighted by Gasteiger charge is -2.22. The van der Waals surface area contributed by atoms with Gasteiger partial charge in [-0.3, -0.25) is 0 Å². The topological polar surface area (TPSA) is 37.8 Å². The van der Waals surface area contributed by atoms with E-state index in [0.717, 1.165) is 11.5 Å². The highest BCUT2D eigenvalue weighted by molar-refractivity contribution is 7.10. The van der Waals surface area contributed by atoms with Crippen LogP contribution in [0, 0.1) is 12.8 Å². The zero-order valence-corrected chi connectivity index (χ0v) is 12.2. The van der Waals surface area contributed by atoms with Crippen molar-refractivity contribution in [3.05, 3.63) is 39.4 Å². The third-order valence-corrected chi connectivity index (χ3v) is 3.77. The Balaban J connectivity index is 2.24. The monoisotopic (exact) mass is 281 g/mol. The van der Waals surface area contributed by atoms with Gasteiger partial charge >= 0.3 is 0 Å². The Kier molecular flexibility index (Phi) is 4.19. The summed E-state index contributed by atoms with van der Waals surface area (Å²) in [4.78, 5) is 9.58. The molecular weight excluding hydrogens is 266 g/mol. The van der Waals surface area contributed by atoms with Gasteiger partial charge < -0.3 is 5.32 Å². The summed E-state index contributed by atoms with van der Waals surface area (Å²) in [6.07, 6.45) is 0. The maximum atomic E-state index is 5.88. The Labute approximate surface area is 116 Å². The van der Waals surface area contributed by atoms with Gasteiger partial charge in [0.15, 0.2) is 0 Å². The maximum absolute atomic E-state index is 5.88. The van der Waals surface area contributed by atoms with E-state index in [4.69, 9.17) is 11.6 Å². The minimum Gasteiger partial charge on any atom is -0.362 e. The normalized spacial score (nSPS) is 12.7. The van der Waals surface area contributed by atoms with E-state index in [9.17, 15) is 0 Å². The number of thiophene rings is 1. The van der Waals surface area contributed by atoms with Gasteiger partial charge in [0.1, 0.15) is 5.82 Å². The van der Waals surface area contributed by atoms with Crippen LogP contribution in [0.15, 0.2) is 23.6 Å². The second-order valence-corrected chi connectivity index (χ2v) is 5.86. The zero-order valence-electron chi connectivity index (χ0n) is 10.6. The number of aryl methyl sites for hydroxylation is 1. The molecular formula is C13H16ClN3S. The molecule has 0 spiro atoms. The highest BCUT2D eigenvalue weighted by Crippen LogP contribution is 2.29. The van der Waals surface area contributed by atoms with Crippen LogP contribution in [0.3, 0.4) is 0 Å². The van der Waals surface area contributed by atoms with E-state index in [1.54, 1.807) is 11.3 Å². The quantitative estimate of drug-likeness (QED) is 0.849. The number of hydrogen-bond acceptors (Lipinski definition) is 4. The molecule has 0 aliphatic heterocycles. The molecule has 2 rings (SSSR count). The van der Waals surface area contributed by atoms with E-state index in [2.05, 4.69) is 46.6 Å². The summed E-state index contributed by atoms with van der Waals surface area (Å²) in [5, 5.41) is 5.81. The number of rotatable bonds is 4. The van der Waals surface area contributed by atoms with Crippen LogP contribution in [0.4, 0.5) is 5.82 Å². The average molecular weight is 282 g/mol. The van der Waals surface area contributed by atoms with Crippen molar-refractivity contribution in [2.75, 3.05) is 5.32 Å². The van der Waals surface area contributed by atoms with E-state index in [-0.39, 0.29) is 11.3 Å². The first-order valence-electron chi connectivity index (χ1n) is 5.87. The van der Waals surface area contributed by atoms with Crippen molar-refractivity contribution in [2.24, 2.45) is 5.92 Å². The molecule has 0 fully saturated rings. The lowest BCUT2D eigenvalue weighted by molar-refractivity contribution is 0.552. The molecule has 18 heavy (non-hydrogen) atoms. The highest BCUT2D eigenvalue weighted by atomic mass is 35.5. The van der Waals surface area contributed by atoms with Crippen LogP contribution >= 0.6 is 22.9 Å². The van der Waals surface area contributed by atoms with Gasteiger partial charge in [-0.1, -0.05) is 19.9 Å². The largest absolute Gasteiger partial charge is 0.362 e. The molecule has 0 saturated heterocycles. The number of anilines is 1. The van der Waals surface area contributed by atoms with Crippen LogP contribution < -0.4 is 5.32 Å². The summed E-state index contributed by atoms with van der Waals surface area (Å²) in [7, 11) is 0. The van der Waals surface area contributed by atoms with Crippen molar-refractivity contribution in [2.45, 2.75) is 26.8 Å². The number of nitrogens with one attached hydrogen (secondary N) is 1. The van der Waals surface area contributed by atoms with Crippen LogP contribution in [0.5, 0.6) is 0 Å². The van der Waals surface area contributed by atoms with Crippen LogP contribution in [-0.2, 0) is 0 Å². The summed E-state index contributed by atoms with van der Waals surface area (Å²) in [6.45, 7) is 6.29. The molecule has 0 saturated carbocycles. The van der Waals surface area contributed by atoms with Gasteiger partial charge in [-0.05, 0) is 35.9 Å². The Morgan fingerprint density at radius 2 is 2.11 bits per heavy atom. The second-order valence-electron chi connectivity index (χ2n) is 4.55. The summed E-state index contributed by atoms with van der Waals surface area (Å²) < 4.78 is 0. The maximum Gasteiger partial charge on any atom is 0.224 e. The Hall–Kier alpha value is -1.13. The van der Waals surface area contributed by atoms with Gasteiger partial charge in [-0.15, -0.1) is 11.3 Å². The molecule has 1 N–H and O–H groups in total. The molecule has 0 amide bonds. The SMILES string of the molecule is Cc1cc(NC(c2cccs2)C(C)C)nc(Cl)n1. The van der Waals surface area contributed by atoms with Crippen molar-refractivity contribution in [1.82, 2.24) is 9.97 Å². The number of nitrogens with zero attached hydrogens (tertiary/aromatic N) is 2. The number of aromatic nitrogens is 2. The molecule has 96 valence electrons. The first kappa shape index (κ1) is 13.3. The Bertz CT molecular complexity index is 491. The smallest absolute Gasteiger partial charge is 0.224 e. The molecule has 1 unspecified atom stereocenters. The lowest BCUT2D eigenvalue weighted by Crippen LogP contribution is -2.16. The van der Waals surface area contributed by atoms with Crippen LogP contribution in [-0.4, -0.2) is 9.97 Å². The second kappa shape index (κ2) is 5.67. The molecule has 0 aromatic carbocycles. The third kappa shape index (κ3) is 3.21. The summed E-state index contributed by atoms with van der Waals surface area (Å²) >= 11 is 7.63. The van der Waals surface area contributed by atoms with Crippen molar-refractivity contribution in [3.63, 3.8) is 0 Å². The minimum absolute atomic E-state index is 0.246. The van der Waals surface area contributed by atoms with Crippen LogP contribution in [0.25, 0.3) is 0 Å². The van der Waals surface area contributed by atoms with E-state index >= 15 is 0 Å². The summed E-state index contributed by atoms with van der Waals surface area (Å²) in [5.41, 5.74) is 0.867. The van der Waals surface area contributed by atoms with Gasteiger partial charge in [-0.2, -0.15) is 0 Å². The van der Waals surface area contributed by atoms with Crippen molar-refractivity contribution < 1.29 is 0 Å². The standard InChI is InChI=1S/C13H16ClN3S/c1-8(2)12(10-5-4-6-18-10)16-11-7-9(3)15-13(14)17-11/h4-8,12H,1-3H3,(H,15,16,17). The fourth-order valence-electron chi connectivity index (χ4n) is 1.80. The number of halogens is 1. The summed E-state index contributed by atoms with van der Waals surface area (Å²) in [5.74, 6) is 1.25. The van der Waals surface area contributed by atoms with E-state index in [0.29, 0.717) is 5.92 Å². The highest BCUT2D eigenvalue weighted by Gasteiger charge is 2.17. The van der Waals surface area contributed by atoms with Crippen molar-refractivity contribution in [1.29, 1.82) is 0 Å². The predicted molar refractivity (Wildman–Crippen MR) is 77.3 cm³/mol. The predicted octanol–water partition coefficient (Wildman–Crippen LogP) is 4.31. The molecule has 3 nitrogen and oxygen atoms in total. The van der Waals surface area contributed by atoms with Gasteiger partial charge in [0.2, 0.25) is 5.28 Å². The first-order valence-corrected chi connectivity index (χ1v) is 7.13. The average Bonchev–Trinajstić information content (AvgIpc) is 2.77. The van der Waals surface area contributed by atoms with Gasteiger partial charge in [0.05, 0.1) is 6.04 Å². The first-order chi connectivity index (χ1) is 8.56. The molecule has 5 heteroatoms. The van der Waals surface area contributed by atoms with Gasteiger partial charge in [0.25, 0.3) is 0 Å². The minimum atomic E-state index is 0.246. The Morgan fingerprint density at radius 1 is 1.33 bits per heavy atom. The Morgan fingerprint density at radius 3 is 2.67 bits per heavy atom. The number of hydrogen-bond donors (Lipinski definition) is 1. The molecule has 2 aromatic rings. The summed E-state index contributed by atoms with van der Waals surface area (Å²) in [6, 6.07) is 6.36. The van der Waals surface area contributed by atoms with Gasteiger partial charge in [0, 0.05) is 16.6 Å². The van der Waals surface area contributed by atoms with Crippen molar-refractivity contribution in [3.8, 4) is 0 Å². The fraction of sp³-hybridized carbons (Fsp3) is 0.385. The van der Waals surface area contributed by atoms with E-state index in [1.807, 2.05) is 13.0 Å². The molecule has 1 atom stereocenters. The van der Waals surface area contributed by atoms with E-state index in [1.165, 1.54) is 4.88 Å². The van der Waals surface area contributed by atoms with E-state index < -0.39 is 0 Å². The molecule has 2 heterocycles. The van der Waals surface area contributed by atoms with Crippen LogP contribution in [0.2, 0.25) is 5.28 Å². The third-order valence-electron chi connectivity index (χ3n) is 2.65. The van der Waals surface area contributed by atoms with Crippen LogP contribution in [0.1, 0.15) is 30.5 Å². The van der Waals surface area contributed by atoms with Gasteiger partial charge in [-0.25, -0.2) is 9.97 Å². The van der Waals surface area contributed by atoms with Crippen molar-refractivity contribution >= 4 is 28.8 Å². The fourth-order valence-corrected chi connectivity index (χ4v) is 2.97. The lowest BCUT2D eigenvalue weighted by atomic mass is 10.0. The molecule has 0 aliphatic carbocycles. The molecule has 0 radical (unpaired) electrons. The molecule has 0 aliphatic rings. The molecule has 0 bridgehead atoms. The molecule has 2 aromatic heterocycles.